The van der Waals surface area contributed by atoms with Gasteiger partial charge in [0.25, 0.3) is 0 Å². The maximum Gasteiger partial charge on any atom is 0.326 e. The number of aliphatic imine (C=N–C) groups is 1. The molecule has 0 unspecified atom stereocenters. The number of nitrogens with two attached hydrogens (primary N) is 4. The molecule has 0 aliphatic rings. The van der Waals surface area contributed by atoms with Crippen molar-refractivity contribution in [2.24, 2.45) is 27.9 Å². The normalized spacial score (nSPS) is 14.0. The van der Waals surface area contributed by atoms with E-state index < -0.39 is 90.7 Å². The molecule has 0 aliphatic heterocycles. The van der Waals surface area contributed by atoms with Crippen LogP contribution in [0.1, 0.15) is 30.4 Å². The Labute approximate surface area is 321 Å². The molecule has 300 valence electrons. The lowest BCUT2D eigenvalue weighted by Gasteiger charge is -2.26. The van der Waals surface area contributed by atoms with Crippen molar-refractivity contribution in [3.8, 4) is 5.75 Å². The summed E-state index contributed by atoms with van der Waals surface area (Å²) in [6, 6.07) is 5.38. The van der Waals surface area contributed by atoms with Crippen LogP contribution in [0.4, 0.5) is 0 Å². The van der Waals surface area contributed by atoms with Gasteiger partial charge in [0.1, 0.15) is 36.0 Å². The molecule has 0 spiro atoms. The molecule has 2 rings (SSSR count). The van der Waals surface area contributed by atoms with Gasteiger partial charge in [-0.15, -0.1) is 0 Å². The van der Waals surface area contributed by atoms with E-state index in [-0.39, 0.29) is 49.7 Å². The van der Waals surface area contributed by atoms with Gasteiger partial charge in [0.15, 0.2) is 5.96 Å². The number of hydrogen-bond acceptors (Lipinski definition) is 12. The summed E-state index contributed by atoms with van der Waals surface area (Å²) in [6.45, 7) is -0.935. The van der Waals surface area contributed by atoms with Crippen molar-refractivity contribution in [1.29, 1.82) is 0 Å². The van der Waals surface area contributed by atoms with Gasteiger partial charge in [-0.2, -0.15) is 12.6 Å². The van der Waals surface area contributed by atoms with Crippen LogP contribution in [-0.2, 0) is 46.4 Å². The van der Waals surface area contributed by atoms with Crippen molar-refractivity contribution in [2.75, 3.05) is 18.9 Å². The Morgan fingerprint density at radius 2 is 1.16 bits per heavy atom. The lowest BCUT2D eigenvalue weighted by Crippen LogP contribution is -2.60. The van der Waals surface area contributed by atoms with Gasteiger partial charge < -0.3 is 64.8 Å². The third-order valence-corrected chi connectivity index (χ3v) is 8.27. The zero-order valence-electron chi connectivity index (χ0n) is 29.7. The van der Waals surface area contributed by atoms with Crippen molar-refractivity contribution in [3.05, 3.63) is 65.7 Å². The number of primary amides is 1. The predicted molar refractivity (Wildman–Crippen MR) is 202 cm³/mol. The Morgan fingerprint density at radius 3 is 1.73 bits per heavy atom. The van der Waals surface area contributed by atoms with Crippen LogP contribution in [-0.4, -0.2) is 118 Å². The molecule has 6 amide bonds. The highest BCUT2D eigenvalue weighted by Gasteiger charge is 2.33. The highest BCUT2D eigenvalue weighted by Crippen LogP contribution is 2.12. The van der Waals surface area contributed by atoms with Crippen molar-refractivity contribution in [2.45, 2.75) is 68.4 Å². The van der Waals surface area contributed by atoms with Crippen LogP contribution in [0, 0.1) is 0 Å². The number of hydrogen-bond donors (Lipinski definition) is 13. The zero-order valence-corrected chi connectivity index (χ0v) is 30.6. The number of amides is 6. The number of rotatable bonds is 23. The molecule has 2 aromatic rings. The Kier molecular flexibility index (Phi) is 18.9. The molecule has 0 saturated heterocycles. The van der Waals surface area contributed by atoms with Crippen LogP contribution in [0.3, 0.4) is 0 Å². The summed E-state index contributed by atoms with van der Waals surface area (Å²) in [7, 11) is 0. The Balaban J connectivity index is 2.35. The fourth-order valence-corrected chi connectivity index (χ4v) is 5.12. The van der Waals surface area contributed by atoms with Gasteiger partial charge in [0.2, 0.25) is 35.4 Å². The molecule has 6 atom stereocenters. The molecule has 0 fully saturated rings. The van der Waals surface area contributed by atoms with Crippen molar-refractivity contribution in [1.82, 2.24) is 26.6 Å². The minimum absolute atomic E-state index is 0.0426. The second kappa shape index (κ2) is 23.0. The van der Waals surface area contributed by atoms with E-state index in [0.29, 0.717) is 11.1 Å². The van der Waals surface area contributed by atoms with Crippen LogP contribution in [0.25, 0.3) is 0 Å². The summed E-state index contributed by atoms with van der Waals surface area (Å²) < 4.78 is 0. The maximum atomic E-state index is 13.9. The SMILES string of the molecule is NC(=O)C[C@H](NC(=O)[C@@H](N)CS)C(=O)N[C@@H](CO)C(=O)N[C@@H](Cc1ccccc1)C(=O)N[C@@H](CCCN=C(N)N)C(=O)N[C@@H](Cc1ccc(O)cc1)C(=O)O. The van der Waals surface area contributed by atoms with Gasteiger partial charge in [-0.1, -0.05) is 42.5 Å². The molecule has 20 nitrogen and oxygen atoms in total. The molecule has 21 heteroatoms. The van der Waals surface area contributed by atoms with Gasteiger partial charge in [-0.25, -0.2) is 4.79 Å². The van der Waals surface area contributed by atoms with Gasteiger partial charge in [-0.3, -0.25) is 33.8 Å². The number of aromatic hydroxyl groups is 1. The summed E-state index contributed by atoms with van der Waals surface area (Å²) in [6.07, 6.45) is -0.913. The second-order valence-corrected chi connectivity index (χ2v) is 12.7. The first kappa shape index (κ1) is 45.2. The van der Waals surface area contributed by atoms with E-state index in [1.54, 1.807) is 30.3 Å². The minimum atomic E-state index is -1.71. The largest absolute Gasteiger partial charge is 0.508 e. The summed E-state index contributed by atoms with van der Waals surface area (Å²) in [5.41, 5.74) is 22.7. The molecular weight excluding hydrogens is 741 g/mol. The Hall–Kier alpha value is -5.93. The average molecular weight is 789 g/mol. The summed E-state index contributed by atoms with van der Waals surface area (Å²) in [5.74, 6) is -7.45. The molecule has 0 aromatic heterocycles. The summed E-state index contributed by atoms with van der Waals surface area (Å²) in [4.78, 5) is 93.9. The third-order valence-electron chi connectivity index (χ3n) is 7.87. The molecule has 0 bridgehead atoms. The number of carbonyl (C=O) groups excluding carboxylic acids is 6. The van der Waals surface area contributed by atoms with Gasteiger partial charge in [0.05, 0.1) is 19.1 Å². The number of aliphatic hydroxyl groups excluding tert-OH is 1. The molecule has 0 aliphatic carbocycles. The number of carboxylic acid groups (broad SMARTS) is 1. The first-order valence-electron chi connectivity index (χ1n) is 16.9. The Morgan fingerprint density at radius 1 is 0.673 bits per heavy atom. The molecular formula is C34H48N10O10S. The van der Waals surface area contributed by atoms with Crippen LogP contribution in [0.15, 0.2) is 59.6 Å². The number of aliphatic hydroxyl groups is 1. The van der Waals surface area contributed by atoms with Gasteiger partial charge in [0, 0.05) is 25.1 Å². The number of carboxylic acids is 1. The van der Waals surface area contributed by atoms with Crippen LogP contribution >= 0.6 is 12.6 Å². The van der Waals surface area contributed by atoms with E-state index in [1.165, 1.54) is 24.3 Å². The van der Waals surface area contributed by atoms with Crippen LogP contribution < -0.4 is 49.5 Å². The molecule has 0 heterocycles. The first-order chi connectivity index (χ1) is 26.0. The number of guanidine groups is 1. The minimum Gasteiger partial charge on any atom is -0.508 e. The lowest BCUT2D eigenvalue weighted by molar-refractivity contribution is -0.142. The topological polar surface area (TPSA) is 357 Å². The fourth-order valence-electron chi connectivity index (χ4n) is 4.95. The van der Waals surface area contributed by atoms with Crippen LogP contribution in [0.2, 0.25) is 0 Å². The predicted octanol–water partition coefficient (Wildman–Crippen LogP) is -4.14. The maximum absolute atomic E-state index is 13.9. The third kappa shape index (κ3) is 16.3. The monoisotopic (exact) mass is 788 g/mol. The molecule has 16 N–H and O–H groups in total. The van der Waals surface area contributed by atoms with E-state index in [9.17, 15) is 48.9 Å². The number of phenolic OH excluding ortho intramolecular Hbond substituents is 1. The lowest BCUT2D eigenvalue weighted by atomic mass is 10.0. The number of aliphatic carboxylic acids is 1. The number of nitrogens with one attached hydrogen (secondary N) is 5. The van der Waals surface area contributed by atoms with Gasteiger partial charge >= 0.3 is 5.97 Å². The van der Waals surface area contributed by atoms with E-state index in [0.717, 1.165) is 0 Å². The standard InChI is InChI=1S/C34H48N10O10S/c35-21(17-55)28(48)41-24(15-27(36)47)31(51)44-26(16-45)32(52)42-23(13-18-5-2-1-3-6-18)30(50)40-22(7-4-12-39-34(37)38)29(49)43-25(33(53)54)14-19-8-10-20(46)11-9-19/h1-3,5-6,8-11,21-26,45-46,55H,4,7,12-17,35H2,(H2,36,47)(H,40,50)(H,41,48)(H,42,52)(H,43,49)(H,44,51)(H,53,54)(H4,37,38,39)/t21-,22-,23-,24-,25-,26-/m0/s1. The first-order valence-corrected chi connectivity index (χ1v) is 17.5. The highest BCUT2D eigenvalue weighted by atomic mass is 32.1. The number of thiol groups is 1. The van der Waals surface area contributed by atoms with Crippen molar-refractivity contribution < 1.29 is 48.9 Å². The van der Waals surface area contributed by atoms with Gasteiger partial charge in [-0.05, 0) is 36.1 Å². The molecule has 2 aromatic carbocycles. The number of nitrogens with zero attached hydrogens (tertiary/aromatic N) is 1. The fraction of sp³-hybridized carbons (Fsp3) is 0.412. The average Bonchev–Trinajstić information content (AvgIpc) is 3.14. The quantitative estimate of drug-likeness (QED) is 0.0221. The number of benzene rings is 2. The van der Waals surface area contributed by atoms with E-state index >= 15 is 0 Å². The summed E-state index contributed by atoms with van der Waals surface area (Å²) in [5, 5.41) is 41.4. The smallest absolute Gasteiger partial charge is 0.326 e. The number of carbonyl (C=O) groups is 7. The van der Waals surface area contributed by atoms with Crippen molar-refractivity contribution >= 4 is 60.0 Å². The molecule has 0 radical (unpaired) electrons. The van der Waals surface area contributed by atoms with E-state index in [2.05, 4.69) is 44.2 Å². The summed E-state index contributed by atoms with van der Waals surface area (Å²) >= 11 is 3.92. The zero-order chi connectivity index (χ0) is 41.1. The van der Waals surface area contributed by atoms with Crippen molar-refractivity contribution in [3.63, 3.8) is 0 Å². The van der Waals surface area contributed by atoms with Crippen LogP contribution in [0.5, 0.6) is 5.75 Å². The molecule has 55 heavy (non-hydrogen) atoms. The molecule has 0 saturated carbocycles. The second-order valence-electron chi connectivity index (χ2n) is 12.3. The highest BCUT2D eigenvalue weighted by molar-refractivity contribution is 7.80. The number of phenols is 1. The van der Waals surface area contributed by atoms with E-state index in [1.807, 2.05) is 0 Å². The van der Waals surface area contributed by atoms with E-state index in [4.69, 9.17) is 22.9 Å². The Bertz CT molecular complexity index is 1660.